The summed E-state index contributed by atoms with van der Waals surface area (Å²) in [7, 11) is 0. The average Bonchev–Trinajstić information content (AvgIpc) is 3.41. The normalized spacial score (nSPS) is 21.4. The molecule has 1 N–H and O–H groups in total. The molecule has 1 saturated carbocycles. The average molecular weight is 442 g/mol. The molecule has 0 unspecified atom stereocenters. The number of anilines is 1. The van der Waals surface area contributed by atoms with Crippen LogP contribution < -0.4 is 10.2 Å². The number of fused-ring (bicyclic) bond motifs is 1. The van der Waals surface area contributed by atoms with Gasteiger partial charge in [-0.1, -0.05) is 0 Å². The van der Waals surface area contributed by atoms with Gasteiger partial charge in [-0.2, -0.15) is 13.9 Å². The Labute approximate surface area is 182 Å². The maximum absolute atomic E-state index is 13.4. The van der Waals surface area contributed by atoms with Crippen LogP contribution in [0.2, 0.25) is 0 Å². The lowest BCUT2D eigenvalue weighted by molar-refractivity contribution is -0.143. The Balaban J connectivity index is 1.46. The van der Waals surface area contributed by atoms with E-state index in [0.717, 1.165) is 23.7 Å². The third-order valence-corrected chi connectivity index (χ3v) is 6.09. The van der Waals surface area contributed by atoms with Crippen LogP contribution in [0.4, 0.5) is 18.9 Å². The monoisotopic (exact) mass is 442 g/mol. The van der Waals surface area contributed by atoms with Gasteiger partial charge in [-0.3, -0.25) is 9.59 Å². The number of benzene rings is 2. The van der Waals surface area contributed by atoms with E-state index in [1.54, 1.807) is 34.0 Å². The fourth-order valence-electron chi connectivity index (χ4n) is 4.44. The Kier molecular flexibility index (Phi) is 4.72. The van der Waals surface area contributed by atoms with Crippen molar-refractivity contribution in [2.75, 3.05) is 4.90 Å². The van der Waals surface area contributed by atoms with Crippen molar-refractivity contribution in [3.63, 3.8) is 0 Å². The zero-order chi connectivity index (χ0) is 22.6. The topological polar surface area (TPSA) is 67.2 Å². The maximum atomic E-state index is 13.4. The van der Waals surface area contributed by atoms with Crippen molar-refractivity contribution < 1.29 is 22.8 Å². The fourth-order valence-corrected chi connectivity index (χ4v) is 4.44. The number of nitrogens with one attached hydrogen (secondary N) is 1. The molecule has 2 heterocycles. The first-order chi connectivity index (χ1) is 15.2. The van der Waals surface area contributed by atoms with E-state index in [1.165, 1.54) is 12.1 Å². The minimum atomic E-state index is -3.50. The second-order valence-electron chi connectivity index (χ2n) is 8.54. The third kappa shape index (κ3) is 3.61. The lowest BCUT2D eigenvalue weighted by Crippen LogP contribution is -2.50. The van der Waals surface area contributed by atoms with Crippen molar-refractivity contribution in [3.8, 4) is 5.69 Å². The molecular weight excluding hydrogens is 421 g/mol. The molecule has 9 heteroatoms. The number of alkyl halides is 2. The van der Waals surface area contributed by atoms with Gasteiger partial charge in [0.05, 0.1) is 29.5 Å². The molecule has 2 aliphatic rings. The lowest BCUT2D eigenvalue weighted by Gasteiger charge is -2.29. The minimum Gasteiger partial charge on any atom is -0.346 e. The number of hydrogen-bond acceptors (Lipinski definition) is 3. The van der Waals surface area contributed by atoms with E-state index in [0.29, 0.717) is 18.3 Å². The largest absolute Gasteiger partial charge is 0.346 e. The molecule has 166 valence electrons. The van der Waals surface area contributed by atoms with E-state index in [1.807, 2.05) is 12.1 Å². The second kappa shape index (κ2) is 7.36. The Bertz CT molecular complexity index is 1200. The van der Waals surface area contributed by atoms with Crippen LogP contribution in [0.3, 0.4) is 0 Å². The van der Waals surface area contributed by atoms with Gasteiger partial charge in [-0.25, -0.2) is 9.07 Å². The molecule has 2 fully saturated rings. The molecule has 5 rings (SSSR count). The quantitative estimate of drug-likeness (QED) is 0.653. The highest BCUT2D eigenvalue weighted by Crippen LogP contribution is 2.43. The van der Waals surface area contributed by atoms with Crippen LogP contribution in [0.15, 0.2) is 48.7 Å². The van der Waals surface area contributed by atoms with Crippen molar-refractivity contribution in [3.05, 3.63) is 54.5 Å². The summed E-state index contributed by atoms with van der Waals surface area (Å²) in [6.07, 6.45) is 3.41. The predicted molar refractivity (Wildman–Crippen MR) is 112 cm³/mol. The molecule has 0 radical (unpaired) electrons. The van der Waals surface area contributed by atoms with Gasteiger partial charge in [0.1, 0.15) is 5.82 Å². The highest BCUT2D eigenvalue weighted by atomic mass is 19.3. The molecule has 6 nitrogen and oxygen atoms in total. The number of aromatic nitrogens is 2. The van der Waals surface area contributed by atoms with Crippen LogP contribution in [0, 0.1) is 11.7 Å². The van der Waals surface area contributed by atoms with Gasteiger partial charge in [0.25, 0.3) is 5.91 Å². The Morgan fingerprint density at radius 1 is 1.12 bits per heavy atom. The van der Waals surface area contributed by atoms with E-state index in [-0.39, 0.29) is 30.1 Å². The molecule has 0 spiro atoms. The Morgan fingerprint density at radius 2 is 1.81 bits per heavy atom. The first-order valence-electron chi connectivity index (χ1n) is 10.5. The highest BCUT2D eigenvalue weighted by Gasteiger charge is 2.50. The predicted octanol–water partition coefficient (Wildman–Crippen LogP) is 3.82. The van der Waals surface area contributed by atoms with Gasteiger partial charge in [-0.15, -0.1) is 0 Å². The minimum absolute atomic E-state index is 0.0180. The standard InChI is InChI=1S/C23H21F3N4O2/c1-23(25,26)22(32)28-18-11-20(31)29(21(18)13-2-3-13)17-8-9-19-14(10-17)12-27-30(19)16-6-4-15(24)5-7-16/h4-10,12-13,18,21H,2-3,11H2,1H3,(H,28,32)/t18-,21+/m0/s1. The summed E-state index contributed by atoms with van der Waals surface area (Å²) < 4.78 is 41.8. The second-order valence-corrected chi connectivity index (χ2v) is 8.54. The van der Waals surface area contributed by atoms with Crippen molar-refractivity contribution in [2.45, 2.75) is 44.2 Å². The Morgan fingerprint density at radius 3 is 2.47 bits per heavy atom. The van der Waals surface area contributed by atoms with Crippen molar-refractivity contribution in [1.82, 2.24) is 15.1 Å². The third-order valence-electron chi connectivity index (χ3n) is 6.09. The van der Waals surface area contributed by atoms with Crippen molar-refractivity contribution in [1.29, 1.82) is 0 Å². The first kappa shape index (κ1) is 20.5. The zero-order valence-corrected chi connectivity index (χ0v) is 17.3. The van der Waals surface area contributed by atoms with Crippen molar-refractivity contribution in [2.24, 2.45) is 5.92 Å². The SMILES string of the molecule is CC(F)(F)C(=O)N[C@H]1CC(=O)N(c2ccc3c(cnn3-c3ccc(F)cc3)c2)[C@@H]1C1CC1. The summed E-state index contributed by atoms with van der Waals surface area (Å²) in [4.78, 5) is 26.4. The lowest BCUT2D eigenvalue weighted by atomic mass is 10.0. The number of amides is 2. The van der Waals surface area contributed by atoms with Crippen molar-refractivity contribution >= 4 is 28.4 Å². The molecular formula is C23H21F3N4O2. The summed E-state index contributed by atoms with van der Waals surface area (Å²) >= 11 is 0. The van der Waals surface area contributed by atoms with Gasteiger partial charge in [0.2, 0.25) is 5.91 Å². The van der Waals surface area contributed by atoms with Crippen LogP contribution in [0.1, 0.15) is 26.2 Å². The van der Waals surface area contributed by atoms with E-state index in [2.05, 4.69) is 10.4 Å². The summed E-state index contributed by atoms with van der Waals surface area (Å²) in [5.41, 5.74) is 2.12. The number of carbonyl (C=O) groups excluding carboxylic acids is 2. The summed E-state index contributed by atoms with van der Waals surface area (Å²) in [5, 5.41) is 7.55. The smallest absolute Gasteiger partial charge is 0.321 e. The Hall–Kier alpha value is -3.36. The van der Waals surface area contributed by atoms with E-state index >= 15 is 0 Å². The van der Waals surface area contributed by atoms with Gasteiger partial charge < -0.3 is 10.2 Å². The molecule has 3 aromatic rings. The summed E-state index contributed by atoms with van der Waals surface area (Å²) in [6, 6.07) is 10.4. The molecule has 2 amide bonds. The van der Waals surface area contributed by atoms with Gasteiger partial charge >= 0.3 is 5.92 Å². The molecule has 1 aliphatic heterocycles. The molecule has 1 aromatic heterocycles. The number of hydrogen-bond donors (Lipinski definition) is 1. The van der Waals surface area contributed by atoms with Crippen LogP contribution in [0.5, 0.6) is 0 Å². The van der Waals surface area contributed by atoms with Gasteiger partial charge in [0.15, 0.2) is 0 Å². The number of halogens is 3. The molecule has 2 atom stereocenters. The maximum Gasteiger partial charge on any atom is 0.321 e. The number of nitrogens with zero attached hydrogens (tertiary/aromatic N) is 3. The van der Waals surface area contributed by atoms with Crippen LogP contribution in [-0.4, -0.2) is 39.6 Å². The molecule has 1 saturated heterocycles. The molecule has 2 aromatic carbocycles. The number of rotatable bonds is 5. The number of carbonyl (C=O) groups is 2. The molecule has 0 bridgehead atoms. The fraction of sp³-hybridized carbons (Fsp3) is 0.348. The zero-order valence-electron chi connectivity index (χ0n) is 17.3. The first-order valence-corrected chi connectivity index (χ1v) is 10.5. The summed E-state index contributed by atoms with van der Waals surface area (Å²) in [5.74, 6) is -5.25. The molecule has 32 heavy (non-hydrogen) atoms. The van der Waals surface area contributed by atoms with Crippen LogP contribution in [-0.2, 0) is 9.59 Å². The van der Waals surface area contributed by atoms with E-state index in [4.69, 9.17) is 0 Å². The van der Waals surface area contributed by atoms with Crippen LogP contribution in [0.25, 0.3) is 16.6 Å². The molecule has 1 aliphatic carbocycles. The van der Waals surface area contributed by atoms with Crippen LogP contribution >= 0.6 is 0 Å². The summed E-state index contributed by atoms with van der Waals surface area (Å²) in [6.45, 7) is 0.551. The highest BCUT2D eigenvalue weighted by molar-refractivity contribution is 6.00. The van der Waals surface area contributed by atoms with Gasteiger partial charge in [0, 0.05) is 24.4 Å². The van der Waals surface area contributed by atoms with E-state index in [9.17, 15) is 22.8 Å². The van der Waals surface area contributed by atoms with E-state index < -0.39 is 17.9 Å². The van der Waals surface area contributed by atoms with Gasteiger partial charge in [-0.05, 0) is 61.2 Å².